The number of nitrogens with zero attached hydrogens (tertiary/aromatic N) is 3. The van der Waals surface area contributed by atoms with Crippen molar-refractivity contribution in [2.24, 2.45) is 0 Å². The highest BCUT2D eigenvalue weighted by atomic mass is 32.1. The van der Waals surface area contributed by atoms with Crippen molar-refractivity contribution in [1.82, 2.24) is 15.3 Å². The van der Waals surface area contributed by atoms with Gasteiger partial charge in [-0.3, -0.25) is 0 Å². The first-order chi connectivity index (χ1) is 7.90. The van der Waals surface area contributed by atoms with Crippen LogP contribution >= 0.6 is 11.3 Å². The van der Waals surface area contributed by atoms with Gasteiger partial charge in [0.25, 0.3) is 0 Å². The van der Waals surface area contributed by atoms with Gasteiger partial charge in [0.05, 0.1) is 11.4 Å². The van der Waals surface area contributed by atoms with E-state index in [1.54, 1.807) is 17.7 Å². The van der Waals surface area contributed by atoms with E-state index in [1.165, 1.54) is 5.39 Å². The largest absolute Gasteiger partial charge is 0.351 e. The molecule has 0 unspecified atom stereocenters. The monoisotopic (exact) mass is 234 g/mol. The van der Waals surface area contributed by atoms with Crippen LogP contribution in [0.25, 0.3) is 10.2 Å². The number of hydrogen-bond donors (Lipinski definition) is 1. The van der Waals surface area contributed by atoms with Gasteiger partial charge in [0.2, 0.25) is 0 Å². The fraction of sp³-hybridized carbons (Fsp3) is 0.455. The first kappa shape index (κ1) is 9.99. The summed E-state index contributed by atoms with van der Waals surface area (Å²) in [6.45, 7) is 5.29. The molecule has 0 saturated carbocycles. The molecule has 0 atom stereocenters. The standard InChI is InChI=1S/C11H14N4S/c1-2-15(8-5-12-6-8)10-9-3-4-16-11(9)14-7-13-10/h3-4,7-8,12H,2,5-6H2,1H3. The lowest BCUT2D eigenvalue weighted by Gasteiger charge is -2.38. The van der Waals surface area contributed by atoms with Gasteiger partial charge in [-0.05, 0) is 18.4 Å². The quantitative estimate of drug-likeness (QED) is 0.873. The Hall–Kier alpha value is -1.20. The Kier molecular flexibility index (Phi) is 2.49. The number of nitrogens with one attached hydrogen (secondary N) is 1. The van der Waals surface area contributed by atoms with Crippen molar-refractivity contribution >= 4 is 27.4 Å². The molecule has 0 spiro atoms. The van der Waals surface area contributed by atoms with Crippen LogP contribution in [0, 0.1) is 0 Å². The van der Waals surface area contributed by atoms with Crippen LogP contribution in [0.3, 0.4) is 0 Å². The molecule has 1 fully saturated rings. The Morgan fingerprint density at radius 1 is 1.50 bits per heavy atom. The van der Waals surface area contributed by atoms with Crippen molar-refractivity contribution in [2.45, 2.75) is 13.0 Å². The minimum Gasteiger partial charge on any atom is -0.351 e. The molecule has 1 aliphatic rings. The van der Waals surface area contributed by atoms with E-state index in [0.29, 0.717) is 6.04 Å². The van der Waals surface area contributed by atoms with E-state index in [2.05, 4.69) is 38.6 Å². The maximum absolute atomic E-state index is 4.45. The molecule has 2 aromatic rings. The molecule has 4 nitrogen and oxygen atoms in total. The van der Waals surface area contributed by atoms with Crippen molar-refractivity contribution in [2.75, 3.05) is 24.5 Å². The first-order valence-corrected chi connectivity index (χ1v) is 6.43. The Morgan fingerprint density at radius 3 is 3.06 bits per heavy atom. The second kappa shape index (κ2) is 3.99. The topological polar surface area (TPSA) is 41.1 Å². The molecule has 16 heavy (non-hydrogen) atoms. The summed E-state index contributed by atoms with van der Waals surface area (Å²) < 4.78 is 0. The molecule has 0 aromatic carbocycles. The van der Waals surface area contributed by atoms with Crippen LogP contribution in [0.5, 0.6) is 0 Å². The minimum absolute atomic E-state index is 0.586. The summed E-state index contributed by atoms with van der Waals surface area (Å²) in [5.41, 5.74) is 0. The highest BCUT2D eigenvalue weighted by Crippen LogP contribution is 2.28. The molecule has 0 bridgehead atoms. The Balaban J connectivity index is 2.05. The van der Waals surface area contributed by atoms with Gasteiger partial charge < -0.3 is 10.2 Å². The molecule has 2 aromatic heterocycles. The molecule has 0 aliphatic carbocycles. The molecule has 1 N–H and O–H groups in total. The first-order valence-electron chi connectivity index (χ1n) is 5.55. The van der Waals surface area contributed by atoms with Crippen LogP contribution in [0.15, 0.2) is 17.8 Å². The maximum atomic E-state index is 4.45. The lowest BCUT2D eigenvalue weighted by atomic mass is 10.1. The summed E-state index contributed by atoms with van der Waals surface area (Å²) in [6, 6.07) is 2.70. The van der Waals surface area contributed by atoms with Crippen molar-refractivity contribution in [3.63, 3.8) is 0 Å². The van der Waals surface area contributed by atoms with Gasteiger partial charge in [-0.25, -0.2) is 9.97 Å². The molecular formula is C11H14N4S. The van der Waals surface area contributed by atoms with Crippen LogP contribution in [-0.2, 0) is 0 Å². The van der Waals surface area contributed by atoms with Gasteiger partial charge in [0.15, 0.2) is 0 Å². The molecule has 3 rings (SSSR count). The Labute approximate surface area is 98.3 Å². The second-order valence-electron chi connectivity index (χ2n) is 3.93. The predicted octanol–water partition coefficient (Wildman–Crippen LogP) is 1.49. The smallest absolute Gasteiger partial charge is 0.141 e. The summed E-state index contributed by atoms with van der Waals surface area (Å²) in [7, 11) is 0. The number of likely N-dealkylation sites (N-methyl/N-ethyl adjacent to an activating group) is 1. The fourth-order valence-corrected chi connectivity index (χ4v) is 2.81. The lowest BCUT2D eigenvalue weighted by molar-refractivity contribution is 0.416. The molecule has 5 heteroatoms. The van der Waals surface area contributed by atoms with Crippen molar-refractivity contribution in [1.29, 1.82) is 0 Å². The van der Waals surface area contributed by atoms with Crippen LogP contribution in [0.1, 0.15) is 6.92 Å². The molecule has 1 aliphatic heterocycles. The average Bonchev–Trinajstić information content (AvgIpc) is 2.70. The van der Waals surface area contributed by atoms with Crippen LogP contribution < -0.4 is 10.2 Å². The molecule has 3 heterocycles. The summed E-state index contributed by atoms with van der Waals surface area (Å²) in [5, 5.41) is 6.57. The number of thiophene rings is 1. The third-order valence-electron chi connectivity index (χ3n) is 3.05. The third-order valence-corrected chi connectivity index (χ3v) is 3.87. The zero-order chi connectivity index (χ0) is 11.0. The molecule has 84 valence electrons. The van der Waals surface area contributed by atoms with E-state index in [1.807, 2.05) is 0 Å². The van der Waals surface area contributed by atoms with Crippen LogP contribution in [-0.4, -0.2) is 35.6 Å². The third kappa shape index (κ3) is 1.47. The van der Waals surface area contributed by atoms with Gasteiger partial charge in [-0.2, -0.15) is 0 Å². The Bertz CT molecular complexity index is 491. The fourth-order valence-electron chi connectivity index (χ4n) is 2.08. The van der Waals surface area contributed by atoms with Gasteiger partial charge in [0.1, 0.15) is 17.0 Å². The zero-order valence-electron chi connectivity index (χ0n) is 9.18. The molecule has 0 amide bonds. The van der Waals surface area contributed by atoms with Crippen molar-refractivity contribution in [3.05, 3.63) is 17.8 Å². The summed E-state index contributed by atoms with van der Waals surface area (Å²) in [4.78, 5) is 12.2. The molecular weight excluding hydrogens is 220 g/mol. The Morgan fingerprint density at radius 2 is 2.38 bits per heavy atom. The van der Waals surface area contributed by atoms with Gasteiger partial charge in [-0.15, -0.1) is 11.3 Å². The maximum Gasteiger partial charge on any atom is 0.141 e. The van der Waals surface area contributed by atoms with Gasteiger partial charge in [-0.1, -0.05) is 0 Å². The summed E-state index contributed by atoms with van der Waals surface area (Å²) >= 11 is 1.67. The highest BCUT2D eigenvalue weighted by molar-refractivity contribution is 7.16. The lowest BCUT2D eigenvalue weighted by Crippen LogP contribution is -2.57. The second-order valence-corrected chi connectivity index (χ2v) is 4.83. The van der Waals surface area contributed by atoms with Crippen molar-refractivity contribution in [3.8, 4) is 0 Å². The molecule has 0 radical (unpaired) electrons. The SMILES string of the molecule is CCN(c1ncnc2sccc12)C1CNC1. The summed E-state index contributed by atoms with van der Waals surface area (Å²) in [6.07, 6.45) is 1.67. The number of hydrogen-bond acceptors (Lipinski definition) is 5. The van der Waals surface area contributed by atoms with E-state index >= 15 is 0 Å². The number of aromatic nitrogens is 2. The normalized spacial score (nSPS) is 16.3. The van der Waals surface area contributed by atoms with Gasteiger partial charge >= 0.3 is 0 Å². The predicted molar refractivity (Wildman–Crippen MR) is 67.1 cm³/mol. The number of rotatable bonds is 3. The average molecular weight is 234 g/mol. The van der Waals surface area contributed by atoms with E-state index in [0.717, 1.165) is 30.3 Å². The van der Waals surface area contributed by atoms with Crippen LogP contribution in [0.4, 0.5) is 5.82 Å². The number of fused-ring (bicyclic) bond motifs is 1. The molecule has 1 saturated heterocycles. The van der Waals surface area contributed by atoms with E-state index in [4.69, 9.17) is 0 Å². The van der Waals surface area contributed by atoms with E-state index < -0.39 is 0 Å². The van der Waals surface area contributed by atoms with E-state index in [-0.39, 0.29) is 0 Å². The minimum atomic E-state index is 0.586. The zero-order valence-corrected chi connectivity index (χ0v) is 10.00. The van der Waals surface area contributed by atoms with Crippen molar-refractivity contribution < 1.29 is 0 Å². The number of anilines is 1. The van der Waals surface area contributed by atoms with E-state index in [9.17, 15) is 0 Å². The van der Waals surface area contributed by atoms with Gasteiger partial charge in [0, 0.05) is 19.6 Å². The highest BCUT2D eigenvalue weighted by Gasteiger charge is 2.25. The summed E-state index contributed by atoms with van der Waals surface area (Å²) in [5.74, 6) is 1.08. The van der Waals surface area contributed by atoms with Crippen LogP contribution in [0.2, 0.25) is 0 Å².